The number of rotatable bonds is 2. The topological polar surface area (TPSA) is 41.3 Å². The van der Waals surface area contributed by atoms with Gasteiger partial charge in [0.15, 0.2) is 0 Å². The molecule has 5 heteroatoms. The van der Waals surface area contributed by atoms with Gasteiger partial charge in [-0.1, -0.05) is 84.9 Å². The summed E-state index contributed by atoms with van der Waals surface area (Å²) in [5, 5.41) is 13.8. The lowest BCUT2D eigenvalue weighted by Crippen LogP contribution is -2.25. The smallest absolute Gasteiger partial charge is 0.140 e. The fourth-order valence-electron chi connectivity index (χ4n) is 7.86. The fourth-order valence-corrected chi connectivity index (χ4v) is 9.12. The minimum Gasteiger partial charge on any atom is -0.456 e. The number of anilines is 3. The van der Waals surface area contributed by atoms with Crippen LogP contribution in [-0.2, 0) is 0 Å². The Labute approximate surface area is 269 Å². The first-order valence-electron chi connectivity index (χ1n) is 15.8. The Balaban J connectivity index is 1.33. The fraction of sp³-hybridized carbons (Fsp3) is 0.0976. The van der Waals surface area contributed by atoms with Gasteiger partial charge in [0.25, 0.3) is 0 Å². The van der Waals surface area contributed by atoms with E-state index in [1.807, 2.05) is 6.07 Å². The van der Waals surface area contributed by atoms with Crippen molar-refractivity contribution in [1.82, 2.24) is 4.98 Å². The van der Waals surface area contributed by atoms with Crippen LogP contribution < -0.4 is 10.2 Å². The Morgan fingerprint density at radius 3 is 2.17 bits per heavy atom. The van der Waals surface area contributed by atoms with Crippen molar-refractivity contribution in [2.45, 2.75) is 26.9 Å². The molecule has 0 radical (unpaired) electrons. The van der Waals surface area contributed by atoms with Gasteiger partial charge in [-0.3, -0.25) is 0 Å². The molecule has 3 aromatic heterocycles. The van der Waals surface area contributed by atoms with Crippen molar-refractivity contribution in [2.24, 2.45) is 0 Å². The van der Waals surface area contributed by atoms with E-state index < -0.39 is 0 Å². The van der Waals surface area contributed by atoms with E-state index in [2.05, 4.69) is 134 Å². The minimum absolute atomic E-state index is 0.152. The van der Waals surface area contributed by atoms with Gasteiger partial charge in [-0.25, -0.2) is 4.98 Å². The van der Waals surface area contributed by atoms with Crippen LogP contribution in [0.2, 0.25) is 0 Å². The van der Waals surface area contributed by atoms with Crippen LogP contribution in [0.4, 0.5) is 17.1 Å². The van der Waals surface area contributed by atoms with Gasteiger partial charge >= 0.3 is 0 Å². The highest BCUT2D eigenvalue weighted by Gasteiger charge is 2.38. The Bertz CT molecular complexity index is 2740. The van der Waals surface area contributed by atoms with Crippen molar-refractivity contribution in [3.05, 3.63) is 132 Å². The molecule has 9 aromatic rings. The SMILES string of the molecule is Cc1ccc2c(n1)sc1c(C3Nc4c(c5ccccc5c5ccccc45)N3c3c(C)cc4c(oc5ccccc54)c3C)cccc12. The molecule has 220 valence electrons. The number of benzene rings is 6. The predicted octanol–water partition coefficient (Wildman–Crippen LogP) is 11.8. The summed E-state index contributed by atoms with van der Waals surface area (Å²) in [5.74, 6) is 0. The summed E-state index contributed by atoms with van der Waals surface area (Å²) < 4.78 is 7.86. The van der Waals surface area contributed by atoms with Crippen molar-refractivity contribution >= 4 is 92.2 Å². The molecule has 0 amide bonds. The molecule has 1 unspecified atom stereocenters. The maximum atomic E-state index is 6.59. The number of nitrogens with one attached hydrogen (secondary N) is 1. The van der Waals surface area contributed by atoms with E-state index in [4.69, 9.17) is 9.40 Å². The van der Waals surface area contributed by atoms with Crippen LogP contribution in [0.15, 0.2) is 114 Å². The van der Waals surface area contributed by atoms with Gasteiger partial charge in [-0.05, 0) is 61.4 Å². The molecular weight excluding hydrogens is 583 g/mol. The molecule has 4 nitrogen and oxygen atoms in total. The molecule has 1 aliphatic rings. The number of thiophene rings is 1. The highest BCUT2D eigenvalue weighted by atomic mass is 32.1. The zero-order chi connectivity index (χ0) is 30.7. The van der Waals surface area contributed by atoms with Gasteiger partial charge in [0, 0.05) is 53.8 Å². The maximum Gasteiger partial charge on any atom is 0.140 e. The van der Waals surface area contributed by atoms with Crippen LogP contribution in [-0.4, -0.2) is 4.98 Å². The number of hydrogen-bond donors (Lipinski definition) is 1. The predicted molar refractivity (Wildman–Crippen MR) is 195 cm³/mol. The minimum atomic E-state index is -0.152. The van der Waals surface area contributed by atoms with Gasteiger partial charge in [-0.2, -0.15) is 0 Å². The van der Waals surface area contributed by atoms with Crippen LogP contribution in [0, 0.1) is 20.8 Å². The summed E-state index contributed by atoms with van der Waals surface area (Å²) in [6.07, 6.45) is -0.152. The van der Waals surface area contributed by atoms with E-state index in [-0.39, 0.29) is 6.17 Å². The molecule has 0 spiro atoms. The van der Waals surface area contributed by atoms with E-state index in [0.717, 1.165) is 43.7 Å². The van der Waals surface area contributed by atoms with Crippen molar-refractivity contribution < 1.29 is 4.42 Å². The molecule has 0 aliphatic carbocycles. The second-order valence-corrected chi connectivity index (χ2v) is 13.5. The third-order valence-electron chi connectivity index (χ3n) is 9.82. The number of nitrogens with zero attached hydrogens (tertiary/aromatic N) is 2. The van der Waals surface area contributed by atoms with Gasteiger partial charge in [0.05, 0.1) is 17.1 Å². The molecule has 0 saturated heterocycles. The first kappa shape index (κ1) is 25.9. The Morgan fingerprint density at radius 2 is 1.35 bits per heavy atom. The van der Waals surface area contributed by atoms with Crippen LogP contribution in [0.1, 0.15) is 28.6 Å². The second-order valence-electron chi connectivity index (χ2n) is 12.5. The molecule has 6 aromatic carbocycles. The van der Waals surface area contributed by atoms with Crippen LogP contribution in [0.3, 0.4) is 0 Å². The quantitative estimate of drug-likeness (QED) is 0.197. The van der Waals surface area contributed by atoms with E-state index >= 15 is 0 Å². The normalized spacial score (nSPS) is 14.8. The average molecular weight is 612 g/mol. The van der Waals surface area contributed by atoms with Crippen molar-refractivity contribution in [3.8, 4) is 0 Å². The van der Waals surface area contributed by atoms with Gasteiger partial charge in [0.1, 0.15) is 22.2 Å². The largest absolute Gasteiger partial charge is 0.456 e. The molecule has 0 bridgehead atoms. The summed E-state index contributed by atoms with van der Waals surface area (Å²) in [6, 6.07) is 39.4. The van der Waals surface area contributed by atoms with E-state index in [1.54, 1.807) is 11.3 Å². The third-order valence-corrected chi connectivity index (χ3v) is 11.0. The molecular formula is C41H29N3OS. The van der Waals surface area contributed by atoms with E-state index in [9.17, 15) is 0 Å². The van der Waals surface area contributed by atoms with Gasteiger partial charge < -0.3 is 14.6 Å². The Morgan fingerprint density at radius 1 is 0.652 bits per heavy atom. The van der Waals surface area contributed by atoms with Crippen molar-refractivity contribution in [2.75, 3.05) is 10.2 Å². The lowest BCUT2D eigenvalue weighted by Gasteiger charge is -2.31. The zero-order valence-electron chi connectivity index (χ0n) is 25.7. The highest BCUT2D eigenvalue weighted by Crippen LogP contribution is 2.56. The summed E-state index contributed by atoms with van der Waals surface area (Å²) in [6.45, 7) is 6.53. The van der Waals surface area contributed by atoms with Crippen molar-refractivity contribution in [3.63, 3.8) is 0 Å². The lowest BCUT2D eigenvalue weighted by atomic mass is 9.96. The molecule has 1 aliphatic heterocycles. The van der Waals surface area contributed by atoms with Crippen molar-refractivity contribution in [1.29, 1.82) is 0 Å². The summed E-state index contributed by atoms with van der Waals surface area (Å²) in [5.41, 5.74) is 10.0. The third kappa shape index (κ3) is 3.41. The molecule has 0 saturated carbocycles. The zero-order valence-corrected chi connectivity index (χ0v) is 26.5. The first-order valence-corrected chi connectivity index (χ1v) is 16.6. The van der Waals surface area contributed by atoms with E-state index in [0.29, 0.717) is 0 Å². The molecule has 46 heavy (non-hydrogen) atoms. The molecule has 0 fully saturated rings. The molecule has 1 N–H and O–H groups in total. The number of hydrogen-bond acceptors (Lipinski definition) is 5. The maximum absolute atomic E-state index is 6.59. The van der Waals surface area contributed by atoms with Crippen LogP contribution in [0.5, 0.6) is 0 Å². The monoisotopic (exact) mass is 611 g/mol. The first-order chi connectivity index (χ1) is 22.6. The number of fused-ring (bicyclic) bond motifs is 12. The molecule has 1 atom stereocenters. The number of para-hydroxylation sites is 1. The van der Waals surface area contributed by atoms with Gasteiger partial charge in [0.2, 0.25) is 0 Å². The Kier molecular flexibility index (Phi) is 5.24. The van der Waals surface area contributed by atoms with E-state index in [1.165, 1.54) is 59.5 Å². The molecule has 4 heterocycles. The highest BCUT2D eigenvalue weighted by molar-refractivity contribution is 7.25. The second kappa shape index (κ2) is 9.32. The number of aromatic nitrogens is 1. The summed E-state index contributed by atoms with van der Waals surface area (Å²) >= 11 is 1.79. The standard InChI is InChI=1S/C41H29N3OS/c1-22-21-33-27-13-8-9-18-34(27)45-38(33)24(3)36(22)44-37-29-15-7-5-12-26(29)25-11-4-6-14-28(25)35(37)43-40(44)32-17-10-16-30-31-20-19-23(2)42-41(31)46-39(30)32/h4-21,40,43H,1-3H3. The van der Waals surface area contributed by atoms with Crippen LogP contribution >= 0.6 is 11.3 Å². The lowest BCUT2D eigenvalue weighted by molar-refractivity contribution is 0.665. The summed E-state index contributed by atoms with van der Waals surface area (Å²) in [4.78, 5) is 8.57. The number of furan rings is 1. The Hall–Kier alpha value is -5.39. The number of aryl methyl sites for hydroxylation is 3. The molecule has 10 rings (SSSR count). The number of pyridine rings is 1. The summed E-state index contributed by atoms with van der Waals surface area (Å²) in [7, 11) is 0. The van der Waals surface area contributed by atoms with Gasteiger partial charge in [-0.15, -0.1) is 11.3 Å². The van der Waals surface area contributed by atoms with Crippen LogP contribution in [0.25, 0.3) is 63.8 Å². The average Bonchev–Trinajstić information content (AvgIpc) is 3.77.